The third-order valence-corrected chi connectivity index (χ3v) is 8.76. The van der Waals surface area contributed by atoms with Crippen molar-refractivity contribution < 1.29 is 23.4 Å². The second-order valence-corrected chi connectivity index (χ2v) is 11.7. The standard InChI is InChI=1S/C36H28ClFN2O5S/c1-3-44-35(42)30-31(22-10-5-4-6-11-22)39-36-40(32(30)23-16-18-26(38)19-17-23)34(41)29(46-36)20-24-13-9-15-28(43-2)33(24)45-21-25-12-7-8-14-27(25)37/h4-20,32H,3,21H2,1-2H3/b29-20-/t32-/m1/s1. The molecule has 232 valence electrons. The topological polar surface area (TPSA) is 79.1 Å². The van der Waals surface area contributed by atoms with E-state index in [-0.39, 0.29) is 24.3 Å². The number of benzene rings is 4. The van der Waals surface area contributed by atoms with E-state index in [1.807, 2.05) is 54.6 Å². The molecular formula is C36H28ClFN2O5S. The van der Waals surface area contributed by atoms with Gasteiger partial charge in [-0.25, -0.2) is 14.2 Å². The number of aromatic nitrogens is 1. The highest BCUT2D eigenvalue weighted by atomic mass is 35.5. The van der Waals surface area contributed by atoms with Crippen LogP contribution in [-0.4, -0.2) is 24.3 Å². The summed E-state index contributed by atoms with van der Waals surface area (Å²) in [4.78, 5) is 33.1. The number of thiazole rings is 1. The van der Waals surface area contributed by atoms with Crippen LogP contribution in [0.25, 0.3) is 11.8 Å². The Bertz CT molecular complexity index is 2120. The van der Waals surface area contributed by atoms with Crippen molar-refractivity contribution in [2.75, 3.05) is 13.7 Å². The van der Waals surface area contributed by atoms with Crippen molar-refractivity contribution in [3.05, 3.63) is 155 Å². The molecule has 1 aliphatic heterocycles. The van der Waals surface area contributed by atoms with Gasteiger partial charge >= 0.3 is 5.97 Å². The third-order valence-electron chi connectivity index (χ3n) is 7.41. The lowest BCUT2D eigenvalue weighted by molar-refractivity contribution is -0.138. The van der Waals surface area contributed by atoms with Gasteiger partial charge in [-0.3, -0.25) is 9.36 Å². The molecule has 46 heavy (non-hydrogen) atoms. The van der Waals surface area contributed by atoms with Gasteiger partial charge in [0.1, 0.15) is 12.4 Å². The summed E-state index contributed by atoms with van der Waals surface area (Å²) in [6, 6.07) is 26.8. The van der Waals surface area contributed by atoms with Gasteiger partial charge in [0.25, 0.3) is 5.56 Å². The highest BCUT2D eigenvalue weighted by molar-refractivity contribution is 7.07. The van der Waals surface area contributed by atoms with Crippen molar-refractivity contribution in [1.82, 2.24) is 4.57 Å². The molecule has 1 atom stereocenters. The highest BCUT2D eigenvalue weighted by Gasteiger charge is 2.35. The lowest BCUT2D eigenvalue weighted by Gasteiger charge is -2.25. The van der Waals surface area contributed by atoms with Crippen molar-refractivity contribution >= 4 is 40.7 Å². The summed E-state index contributed by atoms with van der Waals surface area (Å²) < 4.78 is 33.2. The lowest BCUT2D eigenvalue weighted by Crippen LogP contribution is -2.40. The number of fused-ring (bicyclic) bond motifs is 1. The number of methoxy groups -OCH3 is 1. The molecule has 7 nitrogen and oxygen atoms in total. The summed E-state index contributed by atoms with van der Waals surface area (Å²) in [6.45, 7) is 2.01. The monoisotopic (exact) mass is 654 g/mol. The molecule has 0 radical (unpaired) electrons. The molecule has 0 amide bonds. The zero-order chi connectivity index (χ0) is 32.2. The van der Waals surface area contributed by atoms with Crippen LogP contribution in [0, 0.1) is 5.82 Å². The largest absolute Gasteiger partial charge is 0.493 e. The van der Waals surface area contributed by atoms with E-state index in [0.717, 1.165) is 5.56 Å². The Morgan fingerprint density at radius 1 is 1.00 bits per heavy atom. The Hall–Kier alpha value is -4.99. The van der Waals surface area contributed by atoms with E-state index in [0.29, 0.717) is 48.2 Å². The predicted molar refractivity (Wildman–Crippen MR) is 176 cm³/mol. The summed E-state index contributed by atoms with van der Waals surface area (Å²) in [5, 5.41) is 0.569. The number of hydrogen-bond donors (Lipinski definition) is 0. The fourth-order valence-electron chi connectivity index (χ4n) is 5.27. The molecule has 0 fully saturated rings. The van der Waals surface area contributed by atoms with E-state index >= 15 is 0 Å². The minimum atomic E-state index is -0.922. The van der Waals surface area contributed by atoms with E-state index in [1.165, 1.54) is 28.0 Å². The maximum absolute atomic E-state index is 14.3. The summed E-state index contributed by atoms with van der Waals surface area (Å²) in [6.07, 6.45) is 1.71. The molecular weight excluding hydrogens is 627 g/mol. The van der Waals surface area contributed by atoms with Crippen LogP contribution in [0.3, 0.4) is 0 Å². The van der Waals surface area contributed by atoms with E-state index in [1.54, 1.807) is 50.4 Å². The van der Waals surface area contributed by atoms with E-state index in [2.05, 4.69) is 0 Å². The van der Waals surface area contributed by atoms with Gasteiger partial charge in [0.05, 0.1) is 35.6 Å². The molecule has 4 aromatic carbocycles. The second-order valence-electron chi connectivity index (χ2n) is 10.2. The van der Waals surface area contributed by atoms with Gasteiger partial charge in [-0.2, -0.15) is 0 Å². The number of carbonyl (C=O) groups excluding carboxylic acids is 1. The average Bonchev–Trinajstić information content (AvgIpc) is 3.38. The summed E-state index contributed by atoms with van der Waals surface area (Å²) >= 11 is 7.54. The van der Waals surface area contributed by atoms with Crippen LogP contribution in [0.1, 0.15) is 35.2 Å². The molecule has 1 aromatic heterocycles. The lowest BCUT2D eigenvalue weighted by atomic mass is 9.93. The highest BCUT2D eigenvalue weighted by Crippen LogP contribution is 2.36. The predicted octanol–water partition coefficient (Wildman–Crippen LogP) is 6.32. The molecule has 0 bridgehead atoms. The van der Waals surface area contributed by atoms with Gasteiger partial charge in [-0.15, -0.1) is 0 Å². The first-order chi connectivity index (χ1) is 22.4. The van der Waals surface area contributed by atoms with Gasteiger partial charge in [-0.1, -0.05) is 95.7 Å². The first-order valence-corrected chi connectivity index (χ1v) is 15.7. The molecule has 0 N–H and O–H groups in total. The first-order valence-electron chi connectivity index (χ1n) is 14.5. The molecule has 0 saturated heterocycles. The van der Waals surface area contributed by atoms with Crippen LogP contribution in [-0.2, 0) is 16.1 Å². The number of halogens is 2. The maximum atomic E-state index is 14.3. The molecule has 1 aliphatic rings. The average molecular weight is 655 g/mol. The minimum Gasteiger partial charge on any atom is -0.493 e. The van der Waals surface area contributed by atoms with Gasteiger partial charge in [0, 0.05) is 21.7 Å². The van der Waals surface area contributed by atoms with Gasteiger partial charge in [-0.05, 0) is 42.8 Å². The van der Waals surface area contributed by atoms with Gasteiger partial charge in [0.15, 0.2) is 16.3 Å². The fraction of sp³-hybridized carbons (Fsp3) is 0.139. The van der Waals surface area contributed by atoms with Crippen LogP contribution in [0.5, 0.6) is 11.5 Å². The van der Waals surface area contributed by atoms with E-state index < -0.39 is 17.8 Å². The molecule has 0 saturated carbocycles. The fourth-order valence-corrected chi connectivity index (χ4v) is 6.45. The third kappa shape index (κ3) is 6.11. The van der Waals surface area contributed by atoms with Crippen LogP contribution in [0.4, 0.5) is 4.39 Å². The number of ether oxygens (including phenoxy) is 3. The minimum absolute atomic E-state index is 0.123. The molecule has 5 aromatic rings. The Balaban J connectivity index is 1.55. The number of hydrogen-bond acceptors (Lipinski definition) is 7. The quantitative estimate of drug-likeness (QED) is 0.174. The number of carbonyl (C=O) groups is 1. The van der Waals surface area contributed by atoms with Crippen LogP contribution in [0.15, 0.2) is 112 Å². The second kappa shape index (κ2) is 13.6. The molecule has 6 rings (SSSR count). The van der Waals surface area contributed by atoms with Crippen molar-refractivity contribution in [2.24, 2.45) is 4.99 Å². The number of rotatable bonds is 9. The summed E-state index contributed by atoms with van der Waals surface area (Å²) in [5.41, 5.74) is 2.79. The van der Waals surface area contributed by atoms with Crippen LogP contribution >= 0.6 is 22.9 Å². The zero-order valence-corrected chi connectivity index (χ0v) is 26.5. The molecule has 10 heteroatoms. The van der Waals surface area contributed by atoms with Crippen LogP contribution < -0.4 is 24.4 Å². The molecule has 0 spiro atoms. The first kappa shape index (κ1) is 31.0. The van der Waals surface area contributed by atoms with Crippen molar-refractivity contribution in [3.63, 3.8) is 0 Å². The van der Waals surface area contributed by atoms with Crippen molar-refractivity contribution in [3.8, 4) is 11.5 Å². The molecule has 0 unspecified atom stereocenters. The SMILES string of the molecule is CCOC(=O)C1=C(c2ccccc2)N=c2s/c(=C\c3cccc(OC)c3OCc3ccccc3Cl)c(=O)n2[C@@H]1c1ccc(F)cc1. The molecule has 2 heterocycles. The van der Waals surface area contributed by atoms with Crippen molar-refractivity contribution in [1.29, 1.82) is 0 Å². The Kier molecular flexibility index (Phi) is 9.14. The number of para-hydroxylation sites is 1. The smallest absolute Gasteiger partial charge is 0.338 e. The van der Waals surface area contributed by atoms with Gasteiger partial charge < -0.3 is 14.2 Å². The maximum Gasteiger partial charge on any atom is 0.338 e. The summed E-state index contributed by atoms with van der Waals surface area (Å²) in [5.74, 6) is -0.142. The van der Waals surface area contributed by atoms with E-state index in [9.17, 15) is 14.0 Å². The number of nitrogens with zero attached hydrogens (tertiary/aromatic N) is 2. The van der Waals surface area contributed by atoms with Crippen LogP contribution in [0.2, 0.25) is 5.02 Å². The summed E-state index contributed by atoms with van der Waals surface area (Å²) in [7, 11) is 1.54. The Morgan fingerprint density at radius 3 is 2.46 bits per heavy atom. The van der Waals surface area contributed by atoms with Gasteiger partial charge in [0.2, 0.25) is 0 Å². The number of esters is 1. The normalized spacial score (nSPS) is 14.4. The van der Waals surface area contributed by atoms with Crippen molar-refractivity contribution in [2.45, 2.75) is 19.6 Å². The Labute approximate surface area is 273 Å². The zero-order valence-electron chi connectivity index (χ0n) is 24.9. The Morgan fingerprint density at radius 2 is 1.74 bits per heavy atom. The molecule has 0 aliphatic carbocycles. The van der Waals surface area contributed by atoms with E-state index in [4.69, 9.17) is 30.8 Å².